The molecule has 0 fully saturated rings. The van der Waals surface area contributed by atoms with Crippen LogP contribution >= 0.6 is 11.3 Å². The van der Waals surface area contributed by atoms with Crippen molar-refractivity contribution in [2.45, 2.75) is 13.2 Å². The number of amides is 1. The topological polar surface area (TPSA) is 90.7 Å². The SMILES string of the molecule is COc1ccc(COCc2cccc(NC(=O)c3ccc([N+](=O)[O-])s3)c2)cc1. The quantitative estimate of drug-likeness (QED) is 0.441. The van der Waals surface area contributed by atoms with Crippen LogP contribution in [0.2, 0.25) is 0 Å². The minimum absolute atomic E-state index is 0.0640. The predicted octanol–water partition coefficient (Wildman–Crippen LogP) is 4.63. The highest BCUT2D eigenvalue weighted by Crippen LogP contribution is 2.25. The molecular weight excluding hydrogens is 380 g/mol. The van der Waals surface area contributed by atoms with E-state index < -0.39 is 4.92 Å². The minimum Gasteiger partial charge on any atom is -0.497 e. The van der Waals surface area contributed by atoms with Gasteiger partial charge in [0, 0.05) is 11.8 Å². The van der Waals surface area contributed by atoms with Crippen molar-refractivity contribution in [3.63, 3.8) is 0 Å². The van der Waals surface area contributed by atoms with E-state index in [2.05, 4.69) is 5.32 Å². The van der Waals surface area contributed by atoms with Crippen molar-refractivity contribution in [2.75, 3.05) is 12.4 Å². The van der Waals surface area contributed by atoms with E-state index in [0.717, 1.165) is 28.2 Å². The van der Waals surface area contributed by atoms with Crippen molar-refractivity contribution in [3.8, 4) is 5.75 Å². The lowest BCUT2D eigenvalue weighted by atomic mass is 10.2. The number of carbonyl (C=O) groups excluding carboxylic acids is 1. The molecule has 1 aromatic heterocycles. The van der Waals surface area contributed by atoms with Gasteiger partial charge >= 0.3 is 5.00 Å². The van der Waals surface area contributed by atoms with Crippen LogP contribution in [0.1, 0.15) is 20.8 Å². The summed E-state index contributed by atoms with van der Waals surface area (Å²) in [6.45, 7) is 0.847. The highest BCUT2D eigenvalue weighted by molar-refractivity contribution is 7.17. The Bertz CT molecular complexity index is 969. The van der Waals surface area contributed by atoms with Gasteiger partial charge in [-0.15, -0.1) is 0 Å². The standard InChI is InChI=1S/C20H18N2O5S/c1-26-17-7-5-14(6-8-17)12-27-13-15-3-2-4-16(11-15)21-20(23)18-9-10-19(28-18)22(24)25/h2-11H,12-13H2,1H3,(H,21,23). The molecule has 0 unspecified atom stereocenters. The second-order valence-corrected chi connectivity index (χ2v) is 6.95. The minimum atomic E-state index is -0.512. The molecule has 8 heteroatoms. The number of hydrogen-bond donors (Lipinski definition) is 1. The highest BCUT2D eigenvalue weighted by Gasteiger charge is 2.15. The Morgan fingerprint density at radius 3 is 2.50 bits per heavy atom. The van der Waals surface area contributed by atoms with Gasteiger partial charge in [0.15, 0.2) is 0 Å². The largest absolute Gasteiger partial charge is 0.497 e. The van der Waals surface area contributed by atoms with Gasteiger partial charge in [-0.2, -0.15) is 0 Å². The third-order valence-corrected chi connectivity index (χ3v) is 4.91. The zero-order valence-electron chi connectivity index (χ0n) is 15.1. The lowest BCUT2D eigenvalue weighted by Crippen LogP contribution is -2.10. The lowest BCUT2D eigenvalue weighted by Gasteiger charge is -2.08. The molecule has 1 amide bonds. The van der Waals surface area contributed by atoms with Crippen molar-refractivity contribution in [3.05, 3.63) is 86.8 Å². The van der Waals surface area contributed by atoms with Gasteiger partial charge in [-0.3, -0.25) is 14.9 Å². The summed E-state index contributed by atoms with van der Waals surface area (Å²) in [5, 5.41) is 13.4. The molecule has 3 aromatic rings. The molecule has 7 nitrogen and oxygen atoms in total. The zero-order chi connectivity index (χ0) is 19.9. The Hall–Kier alpha value is -3.23. The molecule has 1 N–H and O–H groups in total. The van der Waals surface area contributed by atoms with Crippen LogP contribution in [0.4, 0.5) is 10.7 Å². The molecular formula is C20H18N2O5S. The second kappa shape index (κ2) is 9.12. The van der Waals surface area contributed by atoms with Gasteiger partial charge in [0.1, 0.15) is 5.75 Å². The number of methoxy groups -OCH3 is 1. The predicted molar refractivity (Wildman–Crippen MR) is 107 cm³/mol. The summed E-state index contributed by atoms with van der Waals surface area (Å²) in [7, 11) is 1.62. The summed E-state index contributed by atoms with van der Waals surface area (Å²) in [6, 6.07) is 17.7. The van der Waals surface area contributed by atoms with Crippen molar-refractivity contribution >= 4 is 27.9 Å². The smallest absolute Gasteiger partial charge is 0.324 e. The molecule has 0 saturated heterocycles. The van der Waals surface area contributed by atoms with Crippen LogP contribution in [0.15, 0.2) is 60.7 Å². The third-order valence-electron chi connectivity index (χ3n) is 3.88. The van der Waals surface area contributed by atoms with E-state index in [0.29, 0.717) is 18.9 Å². The van der Waals surface area contributed by atoms with Crippen molar-refractivity contribution in [2.24, 2.45) is 0 Å². The molecule has 0 spiro atoms. The van der Waals surface area contributed by atoms with E-state index in [1.165, 1.54) is 12.1 Å². The van der Waals surface area contributed by atoms with Crippen LogP contribution in [-0.2, 0) is 18.0 Å². The number of rotatable bonds is 8. The summed E-state index contributed by atoms with van der Waals surface area (Å²) in [5.41, 5.74) is 2.54. The van der Waals surface area contributed by atoms with Crippen LogP contribution in [-0.4, -0.2) is 17.9 Å². The molecule has 0 aliphatic carbocycles. The van der Waals surface area contributed by atoms with Crippen LogP contribution in [0.3, 0.4) is 0 Å². The Kier molecular flexibility index (Phi) is 6.36. The van der Waals surface area contributed by atoms with Crippen LogP contribution in [0.25, 0.3) is 0 Å². The molecule has 0 saturated carbocycles. The van der Waals surface area contributed by atoms with Gasteiger partial charge in [-0.25, -0.2) is 0 Å². The maximum absolute atomic E-state index is 12.2. The first kappa shape index (κ1) is 19.5. The molecule has 28 heavy (non-hydrogen) atoms. The maximum Gasteiger partial charge on any atom is 0.324 e. The Morgan fingerprint density at radius 1 is 1.07 bits per heavy atom. The summed E-state index contributed by atoms with van der Waals surface area (Å²) < 4.78 is 10.9. The highest BCUT2D eigenvalue weighted by atomic mass is 32.1. The normalized spacial score (nSPS) is 10.5. The van der Waals surface area contributed by atoms with Crippen molar-refractivity contribution in [1.29, 1.82) is 0 Å². The molecule has 3 rings (SSSR count). The summed E-state index contributed by atoms with van der Waals surface area (Å²) in [4.78, 5) is 22.8. The van der Waals surface area contributed by atoms with E-state index in [1.807, 2.05) is 42.5 Å². The Balaban J connectivity index is 1.55. The molecule has 144 valence electrons. The number of nitro groups is 1. The molecule has 0 atom stereocenters. The Labute approximate surface area is 165 Å². The third kappa shape index (κ3) is 5.15. The van der Waals surface area contributed by atoms with E-state index in [9.17, 15) is 14.9 Å². The van der Waals surface area contributed by atoms with Gasteiger partial charge in [-0.05, 0) is 41.5 Å². The number of thiophene rings is 1. The van der Waals surface area contributed by atoms with E-state index in [1.54, 1.807) is 13.2 Å². The first-order valence-electron chi connectivity index (χ1n) is 8.40. The molecule has 2 aromatic carbocycles. The van der Waals surface area contributed by atoms with E-state index >= 15 is 0 Å². The van der Waals surface area contributed by atoms with Crippen LogP contribution in [0, 0.1) is 10.1 Å². The van der Waals surface area contributed by atoms with Gasteiger partial charge in [-0.1, -0.05) is 35.6 Å². The van der Waals surface area contributed by atoms with Crippen molar-refractivity contribution in [1.82, 2.24) is 0 Å². The fourth-order valence-electron chi connectivity index (χ4n) is 2.49. The van der Waals surface area contributed by atoms with Gasteiger partial charge in [0.25, 0.3) is 5.91 Å². The number of ether oxygens (including phenoxy) is 2. The molecule has 0 aliphatic heterocycles. The number of anilines is 1. The number of hydrogen-bond acceptors (Lipinski definition) is 6. The fourth-order valence-corrected chi connectivity index (χ4v) is 3.20. The first-order valence-corrected chi connectivity index (χ1v) is 9.22. The lowest BCUT2D eigenvalue weighted by molar-refractivity contribution is -0.380. The molecule has 0 radical (unpaired) electrons. The Morgan fingerprint density at radius 2 is 1.82 bits per heavy atom. The average Bonchev–Trinajstić information content (AvgIpc) is 3.20. The first-order chi connectivity index (χ1) is 13.5. The summed E-state index contributed by atoms with van der Waals surface area (Å²) in [6.07, 6.45) is 0. The summed E-state index contributed by atoms with van der Waals surface area (Å²) in [5.74, 6) is 0.415. The second-order valence-electron chi connectivity index (χ2n) is 5.89. The monoisotopic (exact) mass is 398 g/mol. The van der Waals surface area contributed by atoms with E-state index in [4.69, 9.17) is 9.47 Å². The average molecular weight is 398 g/mol. The summed E-state index contributed by atoms with van der Waals surface area (Å²) >= 11 is 0.842. The number of carbonyl (C=O) groups is 1. The fraction of sp³-hybridized carbons (Fsp3) is 0.150. The number of benzene rings is 2. The number of nitrogens with one attached hydrogen (secondary N) is 1. The maximum atomic E-state index is 12.2. The number of nitrogens with zero attached hydrogens (tertiary/aromatic N) is 1. The molecule has 1 heterocycles. The van der Waals surface area contributed by atoms with Crippen LogP contribution in [0.5, 0.6) is 5.75 Å². The van der Waals surface area contributed by atoms with Crippen molar-refractivity contribution < 1.29 is 19.2 Å². The van der Waals surface area contributed by atoms with E-state index in [-0.39, 0.29) is 15.8 Å². The van der Waals surface area contributed by atoms with Gasteiger partial charge < -0.3 is 14.8 Å². The van der Waals surface area contributed by atoms with Gasteiger partial charge in [0.2, 0.25) is 0 Å². The molecule has 0 bridgehead atoms. The molecule has 0 aliphatic rings. The van der Waals surface area contributed by atoms with Gasteiger partial charge in [0.05, 0.1) is 30.1 Å². The van der Waals surface area contributed by atoms with Crippen LogP contribution < -0.4 is 10.1 Å². The zero-order valence-corrected chi connectivity index (χ0v) is 15.9.